The summed E-state index contributed by atoms with van der Waals surface area (Å²) < 4.78 is 42.1. The Morgan fingerprint density at radius 1 is 1.26 bits per heavy atom. The highest BCUT2D eigenvalue weighted by Gasteiger charge is 2.47. The standard InChI is InChI=1S/C16H20N5O5.ClHO4/c1-8-17-14-9(5-19(8)2)6-21-11(18-14)3-4-20(16(21)25)15-13(24)12(23)10(7-22)26-15;2-1(3,4)5/h3-5,10,12-13,15,22-24H,6-7H2,1-2H3;(H,2,3,4,5)/q+1;/p-1. The van der Waals surface area contributed by atoms with E-state index in [0.29, 0.717) is 11.7 Å². The van der Waals surface area contributed by atoms with Gasteiger partial charge in [0, 0.05) is 19.3 Å². The lowest BCUT2D eigenvalue weighted by Gasteiger charge is -2.23. The molecule has 15 heteroatoms. The first-order valence-electron chi connectivity index (χ1n) is 8.87. The molecule has 0 amide bonds. The molecule has 1 fully saturated rings. The SMILES string of the molecule is CC1=NC2=Nc3cc[n+](C4OC(CO)C(O)C4O)c(=O)n3CC2=CN1C.[O-][Cl+3]([O-])([O-])[O-]. The first-order chi connectivity index (χ1) is 14.4. The van der Waals surface area contributed by atoms with Crippen LogP contribution in [0.2, 0.25) is 0 Å². The number of amidine groups is 2. The summed E-state index contributed by atoms with van der Waals surface area (Å²) in [5.41, 5.74) is 0.363. The molecule has 31 heavy (non-hydrogen) atoms. The number of halogens is 1. The largest absolute Gasteiger partial charge is 0.502 e. The minimum Gasteiger partial charge on any atom is -0.394 e. The Hall–Kier alpha value is -2.27. The maximum absolute atomic E-state index is 12.9. The van der Waals surface area contributed by atoms with Crippen LogP contribution in [0.3, 0.4) is 0 Å². The van der Waals surface area contributed by atoms with Crippen LogP contribution in [0.1, 0.15) is 13.2 Å². The van der Waals surface area contributed by atoms with E-state index >= 15 is 0 Å². The molecule has 4 heterocycles. The summed E-state index contributed by atoms with van der Waals surface area (Å²) in [4.78, 5) is 23.6. The Bertz CT molecular complexity index is 996. The van der Waals surface area contributed by atoms with Crippen LogP contribution in [0.4, 0.5) is 5.82 Å². The molecule has 4 unspecified atom stereocenters. The molecule has 1 aromatic rings. The Kier molecular flexibility index (Phi) is 6.56. The van der Waals surface area contributed by atoms with Gasteiger partial charge in [0.2, 0.25) is 12.0 Å². The Morgan fingerprint density at radius 2 is 1.90 bits per heavy atom. The summed E-state index contributed by atoms with van der Waals surface area (Å²) in [6.07, 6.45) is -1.28. The second-order valence-electron chi connectivity index (χ2n) is 6.92. The van der Waals surface area contributed by atoms with Gasteiger partial charge in [0.1, 0.15) is 36.9 Å². The van der Waals surface area contributed by atoms with Crippen molar-refractivity contribution in [3.63, 3.8) is 0 Å². The highest BCUT2D eigenvalue weighted by molar-refractivity contribution is 6.09. The third-order valence-corrected chi connectivity index (χ3v) is 4.87. The molecular formula is C16H20ClN5O9. The summed E-state index contributed by atoms with van der Waals surface area (Å²) in [7, 11) is -3.08. The van der Waals surface area contributed by atoms with Crippen molar-refractivity contribution in [3.8, 4) is 0 Å². The summed E-state index contributed by atoms with van der Waals surface area (Å²) in [6, 6.07) is 1.63. The van der Waals surface area contributed by atoms with Gasteiger partial charge in [-0.25, -0.2) is 23.6 Å². The van der Waals surface area contributed by atoms with Gasteiger partial charge in [-0.3, -0.25) is 0 Å². The summed E-state index contributed by atoms with van der Waals surface area (Å²) in [6.45, 7) is 1.70. The van der Waals surface area contributed by atoms with E-state index in [-0.39, 0.29) is 6.54 Å². The van der Waals surface area contributed by atoms with E-state index in [0.717, 1.165) is 11.4 Å². The predicted octanol–water partition coefficient (Wildman–Crippen LogP) is -6.72. The third-order valence-electron chi connectivity index (χ3n) is 4.87. The summed E-state index contributed by atoms with van der Waals surface area (Å²) >= 11 is 0. The number of fused-ring (bicyclic) bond motifs is 2. The second-order valence-corrected chi connectivity index (χ2v) is 7.67. The first-order valence-corrected chi connectivity index (χ1v) is 10.1. The number of ether oxygens (including phenoxy) is 1. The molecular weight excluding hydrogens is 442 g/mol. The maximum Gasteiger partial charge on any atom is 0.502 e. The van der Waals surface area contributed by atoms with Crippen molar-refractivity contribution >= 4 is 17.5 Å². The zero-order valence-electron chi connectivity index (χ0n) is 16.4. The number of aliphatic imine (C=N–C) groups is 2. The number of hydrogen-bond donors (Lipinski definition) is 3. The van der Waals surface area contributed by atoms with Crippen LogP contribution < -0.4 is 28.9 Å². The quantitative estimate of drug-likeness (QED) is 0.353. The average Bonchev–Trinajstić information content (AvgIpc) is 2.95. The highest BCUT2D eigenvalue weighted by atomic mass is 35.7. The monoisotopic (exact) mass is 461 g/mol. The van der Waals surface area contributed by atoms with Crippen molar-refractivity contribution in [2.24, 2.45) is 9.98 Å². The Balaban J connectivity index is 0.000000491. The molecule has 1 aromatic heterocycles. The summed E-state index contributed by atoms with van der Waals surface area (Å²) in [5, 5.41) is 29.3. The highest BCUT2D eigenvalue weighted by Crippen LogP contribution is 2.26. The Morgan fingerprint density at radius 3 is 2.48 bits per heavy atom. The van der Waals surface area contributed by atoms with Gasteiger partial charge in [-0.2, -0.15) is 18.9 Å². The lowest BCUT2D eigenvalue weighted by Crippen LogP contribution is -2.68. The number of rotatable bonds is 2. The molecule has 4 rings (SSSR count). The molecule has 1 saturated heterocycles. The van der Waals surface area contributed by atoms with Crippen molar-refractivity contribution in [3.05, 3.63) is 34.5 Å². The minimum absolute atomic E-state index is 0.282. The van der Waals surface area contributed by atoms with Crippen LogP contribution in [0.25, 0.3) is 0 Å². The van der Waals surface area contributed by atoms with Gasteiger partial charge >= 0.3 is 5.69 Å². The first kappa shape index (κ1) is 23.4. The van der Waals surface area contributed by atoms with Crippen LogP contribution in [-0.2, 0) is 11.3 Å². The van der Waals surface area contributed by atoms with E-state index in [9.17, 15) is 20.1 Å². The fourth-order valence-electron chi connectivity index (χ4n) is 3.26. The molecule has 0 aliphatic carbocycles. The van der Waals surface area contributed by atoms with Crippen molar-refractivity contribution < 1.29 is 53.5 Å². The van der Waals surface area contributed by atoms with Gasteiger partial charge in [-0.05, 0) is 6.92 Å². The number of hydrogen-bond acceptors (Lipinski definition) is 12. The molecule has 0 bridgehead atoms. The average molecular weight is 462 g/mol. The van der Waals surface area contributed by atoms with E-state index in [2.05, 4.69) is 9.98 Å². The van der Waals surface area contributed by atoms with Crippen LogP contribution in [-0.4, -0.2) is 68.4 Å². The third kappa shape index (κ3) is 4.98. The minimum atomic E-state index is -4.94. The van der Waals surface area contributed by atoms with E-state index in [4.69, 9.17) is 23.4 Å². The van der Waals surface area contributed by atoms with E-state index in [1.807, 2.05) is 25.1 Å². The van der Waals surface area contributed by atoms with Gasteiger partial charge in [0.05, 0.1) is 12.2 Å². The second kappa shape index (κ2) is 8.70. The zero-order valence-corrected chi connectivity index (χ0v) is 17.1. The molecule has 4 atom stereocenters. The van der Waals surface area contributed by atoms with Crippen molar-refractivity contribution in [2.75, 3.05) is 13.7 Å². The van der Waals surface area contributed by atoms with Crippen molar-refractivity contribution in [1.29, 1.82) is 0 Å². The van der Waals surface area contributed by atoms with Crippen molar-refractivity contribution in [1.82, 2.24) is 9.47 Å². The predicted molar refractivity (Wildman–Crippen MR) is 90.0 cm³/mol. The van der Waals surface area contributed by atoms with Gasteiger partial charge in [0.25, 0.3) is 0 Å². The summed E-state index contributed by atoms with van der Waals surface area (Å²) in [5.74, 6) is 1.83. The Labute approximate surface area is 177 Å². The van der Waals surface area contributed by atoms with E-state index < -0.39 is 47.1 Å². The van der Waals surface area contributed by atoms with Crippen LogP contribution in [0.5, 0.6) is 0 Å². The fourth-order valence-corrected chi connectivity index (χ4v) is 3.26. The number of aliphatic hydroxyl groups excluding tert-OH is 3. The van der Waals surface area contributed by atoms with E-state index in [1.165, 1.54) is 15.3 Å². The van der Waals surface area contributed by atoms with Gasteiger partial charge < -0.3 is 25.0 Å². The van der Waals surface area contributed by atoms with Gasteiger partial charge in [-0.1, -0.05) is 0 Å². The topological polar surface area (TPSA) is 216 Å². The number of nitrogens with zero attached hydrogens (tertiary/aromatic N) is 5. The van der Waals surface area contributed by atoms with E-state index in [1.54, 1.807) is 6.07 Å². The lowest BCUT2D eigenvalue weighted by molar-refractivity contribution is -2.00. The maximum atomic E-state index is 12.9. The molecule has 3 aliphatic rings. The molecule has 3 N–H and O–H groups in total. The smallest absolute Gasteiger partial charge is 0.394 e. The van der Waals surface area contributed by atoms with Crippen molar-refractivity contribution in [2.45, 2.75) is 38.0 Å². The van der Waals surface area contributed by atoms with Crippen LogP contribution >= 0.6 is 0 Å². The normalized spacial score (nSPS) is 27.4. The zero-order chi connectivity index (χ0) is 23.1. The molecule has 0 radical (unpaired) electrons. The number of aliphatic hydroxyl groups is 3. The molecule has 14 nitrogen and oxygen atoms in total. The van der Waals surface area contributed by atoms with Gasteiger partial charge in [-0.15, -0.1) is 10.2 Å². The molecule has 3 aliphatic heterocycles. The van der Waals surface area contributed by atoms with Crippen LogP contribution in [0.15, 0.2) is 38.8 Å². The molecule has 0 saturated carbocycles. The molecule has 0 spiro atoms. The fraction of sp³-hybridized carbons (Fsp3) is 0.500. The molecule has 170 valence electrons. The lowest BCUT2D eigenvalue weighted by atomic mass is 10.1. The number of aromatic nitrogens is 2. The van der Waals surface area contributed by atoms with Gasteiger partial charge in [0.15, 0.2) is 5.84 Å². The molecule has 0 aromatic carbocycles. The van der Waals surface area contributed by atoms with Crippen LogP contribution in [0, 0.1) is 10.2 Å².